The minimum atomic E-state index is -3.49. The van der Waals surface area contributed by atoms with E-state index in [2.05, 4.69) is 4.98 Å². The molecule has 3 rings (SSSR count). The third-order valence-corrected chi connectivity index (χ3v) is 5.97. The van der Waals surface area contributed by atoms with Crippen molar-refractivity contribution in [3.63, 3.8) is 0 Å². The number of hydrogen-bond donors (Lipinski definition) is 2. The maximum atomic E-state index is 12.4. The van der Waals surface area contributed by atoms with Crippen LogP contribution in [-0.2, 0) is 10.0 Å². The molecule has 0 aliphatic carbocycles. The van der Waals surface area contributed by atoms with Gasteiger partial charge < -0.3 is 15.0 Å². The molecule has 0 aromatic carbocycles. The molecule has 7 nitrogen and oxygen atoms in total. The predicted molar refractivity (Wildman–Crippen MR) is 75.3 cm³/mol. The van der Waals surface area contributed by atoms with E-state index in [1.807, 2.05) is 0 Å². The van der Waals surface area contributed by atoms with Crippen LogP contribution in [0.25, 0.3) is 0 Å². The lowest BCUT2D eigenvalue weighted by atomic mass is 10.0. The summed E-state index contributed by atoms with van der Waals surface area (Å²) in [4.78, 5) is 16.7. The largest absolute Gasteiger partial charge is 0.396 e. The summed E-state index contributed by atoms with van der Waals surface area (Å²) in [6, 6.07) is 1.41. The number of likely N-dealkylation sites (tertiary alicyclic amines) is 1. The summed E-state index contributed by atoms with van der Waals surface area (Å²) in [7, 11) is -3.49. The maximum absolute atomic E-state index is 12.4. The minimum absolute atomic E-state index is 0.0725. The van der Waals surface area contributed by atoms with Crippen LogP contribution in [0, 0.1) is 5.92 Å². The number of amides is 1. The van der Waals surface area contributed by atoms with E-state index < -0.39 is 10.0 Å². The fraction of sp³-hybridized carbons (Fsp3) is 0.615. The number of nitrogens with zero attached hydrogens (tertiary/aromatic N) is 2. The number of H-pyrrole nitrogens is 1. The minimum Gasteiger partial charge on any atom is -0.396 e. The first-order valence-corrected chi connectivity index (χ1v) is 8.55. The van der Waals surface area contributed by atoms with E-state index in [0.29, 0.717) is 26.2 Å². The zero-order valence-electron chi connectivity index (χ0n) is 11.7. The molecule has 2 N–H and O–H groups in total. The summed E-state index contributed by atoms with van der Waals surface area (Å²) in [5, 5.41) is 8.96. The smallest absolute Gasteiger partial charge is 0.270 e. The van der Waals surface area contributed by atoms with E-state index in [0.717, 1.165) is 12.8 Å². The van der Waals surface area contributed by atoms with Gasteiger partial charge in [0, 0.05) is 44.9 Å². The number of sulfonamides is 1. The van der Waals surface area contributed by atoms with Crippen LogP contribution in [0.2, 0.25) is 0 Å². The zero-order valence-corrected chi connectivity index (χ0v) is 12.5. The van der Waals surface area contributed by atoms with Crippen molar-refractivity contribution in [1.29, 1.82) is 0 Å². The third kappa shape index (κ3) is 2.58. The first-order valence-electron chi connectivity index (χ1n) is 7.11. The number of aromatic amines is 1. The highest BCUT2D eigenvalue weighted by Gasteiger charge is 2.33. The highest BCUT2D eigenvalue weighted by atomic mass is 32.2. The molecule has 3 heterocycles. The molecule has 21 heavy (non-hydrogen) atoms. The van der Waals surface area contributed by atoms with Gasteiger partial charge in [0.1, 0.15) is 10.6 Å². The van der Waals surface area contributed by atoms with E-state index >= 15 is 0 Å². The Kier molecular flexibility index (Phi) is 3.76. The maximum Gasteiger partial charge on any atom is 0.270 e. The van der Waals surface area contributed by atoms with Crippen molar-refractivity contribution in [2.45, 2.75) is 17.7 Å². The Bertz CT molecular complexity index is 628. The molecule has 2 fully saturated rings. The molecule has 0 atom stereocenters. The average Bonchev–Trinajstić information content (AvgIpc) is 3.09. The van der Waals surface area contributed by atoms with Crippen molar-refractivity contribution in [2.24, 2.45) is 5.92 Å². The van der Waals surface area contributed by atoms with Crippen LogP contribution in [0.4, 0.5) is 0 Å². The summed E-state index contributed by atoms with van der Waals surface area (Å²) in [5.41, 5.74) is 0.282. The Morgan fingerprint density at radius 2 is 2.00 bits per heavy atom. The third-order valence-electron chi connectivity index (χ3n) is 4.09. The van der Waals surface area contributed by atoms with E-state index in [-0.39, 0.29) is 29.0 Å². The van der Waals surface area contributed by atoms with Gasteiger partial charge in [0.25, 0.3) is 5.91 Å². The van der Waals surface area contributed by atoms with Gasteiger partial charge in [0.05, 0.1) is 0 Å². The number of carbonyl (C=O) groups is 1. The van der Waals surface area contributed by atoms with Crippen LogP contribution in [-0.4, -0.2) is 66.4 Å². The highest BCUT2D eigenvalue weighted by Crippen LogP contribution is 2.23. The standard InChI is InChI=1S/C13H19N3O4S/c17-9-10-7-15(8-10)13(18)12-5-11(6-14-12)21(19,20)16-3-1-2-4-16/h5-6,10,14,17H,1-4,7-9H2. The SMILES string of the molecule is O=C(c1cc(S(=O)(=O)N2CCCC2)c[nH]1)N1CC(CO)C1. The molecule has 0 saturated carbocycles. The number of carbonyl (C=O) groups excluding carboxylic acids is 1. The van der Waals surface area contributed by atoms with Crippen LogP contribution < -0.4 is 0 Å². The monoisotopic (exact) mass is 313 g/mol. The topological polar surface area (TPSA) is 93.7 Å². The molecule has 1 aromatic rings. The van der Waals surface area contributed by atoms with Crippen molar-refractivity contribution < 1.29 is 18.3 Å². The molecule has 0 radical (unpaired) electrons. The van der Waals surface area contributed by atoms with Crippen LogP contribution in [0.5, 0.6) is 0 Å². The molecule has 2 saturated heterocycles. The molecular formula is C13H19N3O4S. The number of aliphatic hydroxyl groups excluding tert-OH is 1. The van der Waals surface area contributed by atoms with Crippen molar-refractivity contribution in [1.82, 2.24) is 14.2 Å². The number of nitrogens with one attached hydrogen (secondary N) is 1. The summed E-state index contributed by atoms with van der Waals surface area (Å²) >= 11 is 0. The molecule has 0 spiro atoms. The highest BCUT2D eigenvalue weighted by molar-refractivity contribution is 7.89. The Labute approximate surface area is 123 Å². The Balaban J connectivity index is 1.73. The zero-order chi connectivity index (χ0) is 15.0. The molecule has 1 amide bonds. The van der Waals surface area contributed by atoms with Crippen molar-refractivity contribution in [3.05, 3.63) is 18.0 Å². The van der Waals surface area contributed by atoms with Gasteiger partial charge in [-0.3, -0.25) is 4.79 Å². The normalized spacial score (nSPS) is 20.7. The summed E-state index contributed by atoms with van der Waals surface area (Å²) in [6.45, 7) is 2.19. The second kappa shape index (κ2) is 5.43. The van der Waals surface area contributed by atoms with Crippen molar-refractivity contribution in [2.75, 3.05) is 32.8 Å². The van der Waals surface area contributed by atoms with Gasteiger partial charge in [-0.05, 0) is 18.9 Å². The van der Waals surface area contributed by atoms with Gasteiger partial charge >= 0.3 is 0 Å². The number of rotatable bonds is 4. The van der Waals surface area contributed by atoms with Crippen LogP contribution in [0.15, 0.2) is 17.2 Å². The van der Waals surface area contributed by atoms with Crippen LogP contribution in [0.3, 0.4) is 0 Å². The molecule has 116 valence electrons. The predicted octanol–water partition coefficient (Wildman–Crippen LogP) is -0.137. The molecule has 1 aromatic heterocycles. The average molecular weight is 313 g/mol. The number of aromatic nitrogens is 1. The molecule has 0 bridgehead atoms. The number of aliphatic hydroxyl groups is 1. The quantitative estimate of drug-likeness (QED) is 0.809. The summed E-state index contributed by atoms with van der Waals surface area (Å²) in [6.07, 6.45) is 3.14. The molecule has 8 heteroatoms. The van der Waals surface area contributed by atoms with Crippen molar-refractivity contribution >= 4 is 15.9 Å². The van der Waals surface area contributed by atoms with Gasteiger partial charge in [-0.25, -0.2) is 8.42 Å². The van der Waals surface area contributed by atoms with Gasteiger partial charge in [0.15, 0.2) is 0 Å². The Morgan fingerprint density at radius 3 is 2.62 bits per heavy atom. The van der Waals surface area contributed by atoms with E-state index in [9.17, 15) is 13.2 Å². The first-order chi connectivity index (χ1) is 10.0. The van der Waals surface area contributed by atoms with Crippen molar-refractivity contribution in [3.8, 4) is 0 Å². The molecular weight excluding hydrogens is 294 g/mol. The fourth-order valence-electron chi connectivity index (χ4n) is 2.75. The number of hydrogen-bond acceptors (Lipinski definition) is 4. The van der Waals surface area contributed by atoms with Crippen LogP contribution >= 0.6 is 0 Å². The summed E-state index contributed by atoms with van der Waals surface area (Å²) in [5.74, 6) is -0.0840. The van der Waals surface area contributed by atoms with E-state index in [1.54, 1.807) is 4.90 Å². The fourth-order valence-corrected chi connectivity index (χ4v) is 4.26. The lowest BCUT2D eigenvalue weighted by molar-refractivity contribution is 0.0357. The van der Waals surface area contributed by atoms with E-state index in [1.165, 1.54) is 16.6 Å². The Hall–Kier alpha value is -1.38. The molecule has 2 aliphatic heterocycles. The molecule has 0 unspecified atom stereocenters. The second-order valence-corrected chi connectivity index (χ2v) is 7.56. The second-order valence-electron chi connectivity index (χ2n) is 5.62. The van der Waals surface area contributed by atoms with Crippen LogP contribution in [0.1, 0.15) is 23.3 Å². The lowest BCUT2D eigenvalue weighted by Crippen LogP contribution is -2.51. The van der Waals surface area contributed by atoms with E-state index in [4.69, 9.17) is 5.11 Å². The van der Waals surface area contributed by atoms with Gasteiger partial charge in [-0.15, -0.1) is 0 Å². The first kappa shape index (κ1) is 14.6. The summed E-state index contributed by atoms with van der Waals surface area (Å²) < 4.78 is 26.2. The molecule has 2 aliphatic rings. The van der Waals surface area contributed by atoms with Gasteiger partial charge in [0.2, 0.25) is 10.0 Å². The van der Waals surface area contributed by atoms with Gasteiger partial charge in [-0.2, -0.15) is 4.31 Å². The Morgan fingerprint density at radius 1 is 1.33 bits per heavy atom. The van der Waals surface area contributed by atoms with Gasteiger partial charge in [-0.1, -0.05) is 0 Å². The lowest BCUT2D eigenvalue weighted by Gasteiger charge is -2.37.